The second-order valence-corrected chi connectivity index (χ2v) is 10.4. The van der Waals surface area contributed by atoms with Crippen LogP contribution < -0.4 is 4.74 Å². The summed E-state index contributed by atoms with van der Waals surface area (Å²) in [5, 5.41) is 0.759. The molecule has 1 N–H and O–H groups in total. The van der Waals surface area contributed by atoms with Crippen molar-refractivity contribution in [1.82, 2.24) is 9.29 Å². The van der Waals surface area contributed by atoms with Crippen LogP contribution in [0.3, 0.4) is 0 Å². The first-order valence-electron chi connectivity index (χ1n) is 11.2. The number of para-hydroxylation sites is 1. The molecule has 3 aromatic rings. The molecule has 9 heteroatoms. The number of nitrogens with zero attached hydrogens (tertiary/aromatic N) is 1. The van der Waals surface area contributed by atoms with Crippen LogP contribution in [-0.2, 0) is 14.8 Å². The summed E-state index contributed by atoms with van der Waals surface area (Å²) in [5.41, 5.74) is 2.02. The van der Waals surface area contributed by atoms with Crippen molar-refractivity contribution in [2.24, 2.45) is 0 Å². The zero-order chi connectivity index (χ0) is 24.5. The molecule has 4 rings (SSSR count). The maximum Gasteiger partial charge on any atom is 0.338 e. The molecule has 0 aliphatic carbocycles. The first kappa shape index (κ1) is 24.0. The fraction of sp³-hybridized carbons (Fsp3) is 0.360. The van der Waals surface area contributed by atoms with Gasteiger partial charge >= 0.3 is 5.97 Å². The van der Waals surface area contributed by atoms with Gasteiger partial charge in [0.05, 0.1) is 12.7 Å². The molecule has 1 aliphatic heterocycles. The molecule has 1 fully saturated rings. The van der Waals surface area contributed by atoms with Crippen molar-refractivity contribution >= 4 is 32.7 Å². The Labute approximate surface area is 198 Å². The molecule has 2 aromatic carbocycles. The van der Waals surface area contributed by atoms with Gasteiger partial charge in [-0.15, -0.1) is 0 Å². The lowest BCUT2D eigenvalue weighted by Crippen LogP contribution is -2.42. The third kappa shape index (κ3) is 4.45. The number of rotatable bonds is 7. The van der Waals surface area contributed by atoms with E-state index in [1.54, 1.807) is 6.92 Å². The Morgan fingerprint density at radius 1 is 1.15 bits per heavy atom. The summed E-state index contributed by atoms with van der Waals surface area (Å²) < 4.78 is 38.7. The summed E-state index contributed by atoms with van der Waals surface area (Å²) in [6, 6.07) is 11.4. The lowest BCUT2D eigenvalue weighted by Gasteiger charge is -2.32. The highest BCUT2D eigenvalue weighted by Crippen LogP contribution is 2.32. The van der Waals surface area contributed by atoms with Gasteiger partial charge in [-0.3, -0.25) is 4.79 Å². The Bertz CT molecular complexity index is 1340. The SMILES string of the molecule is COc1ccc(C(=O)OCC(=O)c2c(C)[nH]c3ccccc23)cc1S(=O)(=O)N1CCCC[C@H]1C. The molecule has 1 aliphatic rings. The standard InChI is InChI=1S/C25H28N2O6S/c1-16-8-6-7-13-27(16)34(30,31)23-14-18(11-12-22(23)32-3)25(29)33-15-21(28)24-17(2)26-20-10-5-4-9-19(20)24/h4-5,9-12,14,16,26H,6-8,13,15H2,1-3H3/t16-/m1/s1. The number of piperidine rings is 1. The van der Waals surface area contributed by atoms with Crippen molar-refractivity contribution in [2.45, 2.75) is 44.0 Å². The van der Waals surface area contributed by atoms with Crippen LogP contribution in [0.25, 0.3) is 10.9 Å². The summed E-state index contributed by atoms with van der Waals surface area (Å²) in [5.74, 6) is -0.969. The van der Waals surface area contributed by atoms with Crippen molar-refractivity contribution in [3.05, 3.63) is 59.3 Å². The maximum absolute atomic E-state index is 13.4. The molecular weight excluding hydrogens is 456 g/mol. The van der Waals surface area contributed by atoms with E-state index in [2.05, 4.69) is 4.98 Å². The highest BCUT2D eigenvalue weighted by Gasteiger charge is 2.33. The number of aromatic nitrogens is 1. The van der Waals surface area contributed by atoms with Gasteiger partial charge in [-0.25, -0.2) is 13.2 Å². The molecule has 0 amide bonds. The number of hydrogen-bond donors (Lipinski definition) is 1. The highest BCUT2D eigenvalue weighted by atomic mass is 32.2. The number of esters is 1. The molecule has 0 bridgehead atoms. The number of ether oxygens (including phenoxy) is 2. The van der Waals surface area contributed by atoms with E-state index in [1.165, 1.54) is 29.6 Å². The summed E-state index contributed by atoms with van der Waals surface area (Å²) in [7, 11) is -2.49. The molecule has 2 heterocycles. The second-order valence-electron chi connectivity index (χ2n) is 8.50. The van der Waals surface area contributed by atoms with E-state index >= 15 is 0 Å². The van der Waals surface area contributed by atoms with Crippen molar-refractivity contribution in [3.63, 3.8) is 0 Å². The van der Waals surface area contributed by atoms with Crippen molar-refractivity contribution < 1.29 is 27.5 Å². The van der Waals surface area contributed by atoms with Gasteiger partial charge in [0.2, 0.25) is 15.8 Å². The summed E-state index contributed by atoms with van der Waals surface area (Å²) in [6.45, 7) is 3.62. The predicted molar refractivity (Wildman–Crippen MR) is 128 cm³/mol. The number of nitrogens with one attached hydrogen (secondary N) is 1. The van der Waals surface area contributed by atoms with Crippen LogP contribution in [0.1, 0.15) is 52.6 Å². The first-order valence-corrected chi connectivity index (χ1v) is 12.7. The molecular formula is C25H28N2O6S. The van der Waals surface area contributed by atoms with E-state index in [0.717, 1.165) is 30.2 Å². The van der Waals surface area contributed by atoms with E-state index < -0.39 is 22.6 Å². The molecule has 180 valence electrons. The molecule has 0 radical (unpaired) electrons. The number of benzene rings is 2. The minimum absolute atomic E-state index is 0.0347. The summed E-state index contributed by atoms with van der Waals surface area (Å²) in [6.07, 6.45) is 2.53. The van der Waals surface area contributed by atoms with Gasteiger partial charge in [-0.1, -0.05) is 24.6 Å². The molecule has 8 nitrogen and oxygen atoms in total. The largest absolute Gasteiger partial charge is 0.495 e. The third-order valence-corrected chi connectivity index (χ3v) is 8.27. The Morgan fingerprint density at radius 2 is 1.91 bits per heavy atom. The summed E-state index contributed by atoms with van der Waals surface area (Å²) >= 11 is 0. The zero-order valence-electron chi connectivity index (χ0n) is 19.5. The van der Waals surface area contributed by atoms with E-state index in [4.69, 9.17) is 9.47 Å². The fourth-order valence-corrected chi connectivity index (χ4v) is 6.37. The normalized spacial score (nSPS) is 17.0. The first-order chi connectivity index (χ1) is 16.2. The fourth-order valence-electron chi connectivity index (χ4n) is 4.48. The number of Topliss-reactive ketones (excluding diaryl/α,β-unsaturated/α-hetero) is 1. The van der Waals surface area contributed by atoms with Crippen LogP contribution in [-0.4, -0.2) is 55.8 Å². The van der Waals surface area contributed by atoms with Gasteiger partial charge < -0.3 is 14.5 Å². The average molecular weight is 485 g/mol. The Balaban J connectivity index is 1.56. The van der Waals surface area contributed by atoms with Crippen LogP contribution in [0.4, 0.5) is 0 Å². The minimum atomic E-state index is -3.88. The quantitative estimate of drug-likeness (QED) is 0.400. The lowest BCUT2D eigenvalue weighted by molar-refractivity contribution is 0.0474. The third-order valence-electron chi connectivity index (χ3n) is 6.23. The molecule has 0 unspecified atom stereocenters. The monoisotopic (exact) mass is 484 g/mol. The number of aryl methyl sites for hydroxylation is 1. The molecule has 0 saturated carbocycles. The van der Waals surface area contributed by atoms with Crippen LogP contribution in [0.5, 0.6) is 5.75 Å². The predicted octanol–water partition coefficient (Wildman–Crippen LogP) is 4.09. The van der Waals surface area contributed by atoms with Gasteiger partial charge in [0, 0.05) is 34.7 Å². The van der Waals surface area contributed by atoms with Gasteiger partial charge in [-0.2, -0.15) is 4.31 Å². The minimum Gasteiger partial charge on any atom is -0.495 e. The number of methoxy groups -OCH3 is 1. The smallest absolute Gasteiger partial charge is 0.338 e. The van der Waals surface area contributed by atoms with Crippen LogP contribution in [0.15, 0.2) is 47.4 Å². The van der Waals surface area contributed by atoms with E-state index in [9.17, 15) is 18.0 Å². The second kappa shape index (κ2) is 9.60. The molecule has 1 atom stereocenters. The summed E-state index contributed by atoms with van der Waals surface area (Å²) in [4.78, 5) is 28.6. The van der Waals surface area contributed by atoms with E-state index in [0.29, 0.717) is 17.8 Å². The van der Waals surface area contributed by atoms with Gasteiger partial charge in [0.25, 0.3) is 0 Å². The highest BCUT2D eigenvalue weighted by molar-refractivity contribution is 7.89. The Hall–Kier alpha value is -3.17. The molecule has 1 saturated heterocycles. The van der Waals surface area contributed by atoms with Crippen molar-refractivity contribution in [3.8, 4) is 5.75 Å². The number of sulfonamides is 1. The number of fused-ring (bicyclic) bond motifs is 1. The topological polar surface area (TPSA) is 106 Å². The number of carbonyl (C=O) groups excluding carboxylic acids is 2. The number of carbonyl (C=O) groups is 2. The number of aromatic amines is 1. The average Bonchev–Trinajstić information content (AvgIpc) is 3.17. The zero-order valence-corrected chi connectivity index (χ0v) is 20.3. The maximum atomic E-state index is 13.4. The number of ketones is 1. The van der Waals surface area contributed by atoms with E-state index in [1.807, 2.05) is 31.2 Å². The Morgan fingerprint density at radius 3 is 2.65 bits per heavy atom. The van der Waals surface area contributed by atoms with Gasteiger partial charge in [-0.05, 0) is 51.0 Å². The van der Waals surface area contributed by atoms with Crippen molar-refractivity contribution in [1.29, 1.82) is 0 Å². The molecule has 0 spiro atoms. The molecule has 34 heavy (non-hydrogen) atoms. The van der Waals surface area contributed by atoms with Crippen LogP contribution >= 0.6 is 0 Å². The van der Waals surface area contributed by atoms with E-state index in [-0.39, 0.29) is 28.0 Å². The lowest BCUT2D eigenvalue weighted by atomic mass is 10.1. The number of H-pyrrole nitrogens is 1. The van der Waals surface area contributed by atoms with Crippen molar-refractivity contribution in [2.75, 3.05) is 20.3 Å². The molecule has 1 aromatic heterocycles. The van der Waals surface area contributed by atoms with Gasteiger partial charge in [0.1, 0.15) is 10.6 Å². The van der Waals surface area contributed by atoms with Crippen LogP contribution in [0.2, 0.25) is 0 Å². The Kier molecular flexibility index (Phi) is 6.77. The van der Waals surface area contributed by atoms with Gasteiger partial charge in [0.15, 0.2) is 6.61 Å². The van der Waals surface area contributed by atoms with Crippen LogP contribution in [0, 0.1) is 6.92 Å². The number of hydrogen-bond acceptors (Lipinski definition) is 6.